The first-order valence-corrected chi connectivity index (χ1v) is 5.73. The normalized spacial score (nSPS) is 11.3. The van der Waals surface area contributed by atoms with Crippen LogP contribution in [0.5, 0.6) is 5.75 Å². The van der Waals surface area contributed by atoms with Gasteiger partial charge in [0.1, 0.15) is 11.8 Å². The summed E-state index contributed by atoms with van der Waals surface area (Å²) in [7, 11) is 1.57. The number of nitriles is 1. The fraction of sp³-hybridized carbons (Fsp3) is 0.250. The first-order chi connectivity index (χ1) is 8.94. The zero-order chi connectivity index (χ0) is 14.5. The molecule has 3 nitrogen and oxygen atoms in total. The first kappa shape index (κ1) is 14.5. The molecule has 0 saturated heterocycles. The molecule has 0 aromatic heterocycles. The molecule has 0 heterocycles. The van der Waals surface area contributed by atoms with Crippen LogP contribution < -0.4 is 4.74 Å². The Labute approximate surface area is 113 Å². The number of hydrogen-bond acceptors (Lipinski definition) is 3. The summed E-state index contributed by atoms with van der Waals surface area (Å²) in [4.78, 5) is 12.1. The molecule has 0 bridgehead atoms. The highest BCUT2D eigenvalue weighted by atomic mass is 16.5. The summed E-state index contributed by atoms with van der Waals surface area (Å²) in [6.45, 7) is 3.24. The third kappa shape index (κ3) is 3.47. The molecule has 1 aromatic carbocycles. The van der Waals surface area contributed by atoms with E-state index in [1.807, 2.05) is 6.07 Å². The monoisotopic (exact) mass is 253 g/mol. The number of terminal acetylenes is 1. The van der Waals surface area contributed by atoms with Crippen molar-refractivity contribution >= 4 is 11.9 Å². The molecule has 0 aliphatic rings. The molecule has 0 fully saturated rings. The largest absolute Gasteiger partial charge is 0.497 e. The number of rotatable bonds is 4. The van der Waals surface area contributed by atoms with Crippen molar-refractivity contribution in [1.82, 2.24) is 0 Å². The summed E-state index contributed by atoms with van der Waals surface area (Å²) in [5.74, 6) is 2.76. The predicted octanol–water partition coefficient (Wildman–Crippen LogP) is 2.83. The van der Waals surface area contributed by atoms with Crippen molar-refractivity contribution in [3.05, 3.63) is 35.4 Å². The minimum atomic E-state index is -0.978. The van der Waals surface area contributed by atoms with Crippen LogP contribution in [0.3, 0.4) is 0 Å². The Morgan fingerprint density at radius 3 is 2.37 bits per heavy atom. The van der Waals surface area contributed by atoms with Gasteiger partial charge in [0.05, 0.1) is 18.1 Å². The Bertz CT molecular complexity index is 581. The fourth-order valence-electron chi connectivity index (χ4n) is 1.42. The summed E-state index contributed by atoms with van der Waals surface area (Å²) < 4.78 is 5.04. The summed E-state index contributed by atoms with van der Waals surface area (Å²) >= 11 is 0. The van der Waals surface area contributed by atoms with E-state index >= 15 is 0 Å². The summed E-state index contributed by atoms with van der Waals surface area (Å²) in [5.41, 5.74) is -0.180. The van der Waals surface area contributed by atoms with Crippen LogP contribution in [0.1, 0.15) is 19.4 Å². The average molecular weight is 253 g/mol. The van der Waals surface area contributed by atoms with Gasteiger partial charge in [-0.15, -0.1) is 6.42 Å². The minimum absolute atomic E-state index is 0.0492. The second-order valence-corrected chi connectivity index (χ2v) is 4.54. The van der Waals surface area contributed by atoms with Crippen LogP contribution in [0.2, 0.25) is 0 Å². The number of allylic oxidation sites excluding steroid dienone is 1. The van der Waals surface area contributed by atoms with Crippen LogP contribution in [0.4, 0.5) is 0 Å². The van der Waals surface area contributed by atoms with E-state index in [4.69, 9.17) is 16.4 Å². The van der Waals surface area contributed by atoms with Crippen LogP contribution >= 0.6 is 0 Å². The molecular weight excluding hydrogens is 238 g/mol. The molecule has 0 unspecified atom stereocenters. The fourth-order valence-corrected chi connectivity index (χ4v) is 1.42. The third-order valence-electron chi connectivity index (χ3n) is 2.72. The maximum absolute atomic E-state index is 12.1. The predicted molar refractivity (Wildman–Crippen MR) is 74.2 cm³/mol. The van der Waals surface area contributed by atoms with Crippen molar-refractivity contribution < 1.29 is 9.53 Å². The number of Topliss-reactive ketones (excluding diaryl/α,β-unsaturated/α-hetero) is 1. The highest BCUT2D eigenvalue weighted by molar-refractivity contribution is 6.07. The maximum atomic E-state index is 12.1. The molecule has 0 amide bonds. The van der Waals surface area contributed by atoms with Crippen LogP contribution in [0, 0.1) is 29.1 Å². The Balaban J connectivity index is 3.10. The molecule has 0 saturated carbocycles. The summed E-state index contributed by atoms with van der Waals surface area (Å²) in [6.07, 6.45) is 6.84. The summed E-state index contributed by atoms with van der Waals surface area (Å²) in [6, 6.07) is 8.97. The Morgan fingerprint density at radius 2 is 1.95 bits per heavy atom. The zero-order valence-electron chi connectivity index (χ0n) is 11.2. The number of ketones is 1. The standard InChI is InChI=1S/C16H15NO2/c1-5-16(2,3)15(18)13(11-17)10-12-6-8-14(19-4)9-7-12/h1,6-10H,2-4H3. The van der Waals surface area contributed by atoms with Gasteiger partial charge < -0.3 is 4.74 Å². The topological polar surface area (TPSA) is 50.1 Å². The van der Waals surface area contributed by atoms with E-state index in [9.17, 15) is 4.79 Å². The quantitative estimate of drug-likeness (QED) is 0.471. The van der Waals surface area contributed by atoms with E-state index in [0.29, 0.717) is 5.75 Å². The van der Waals surface area contributed by atoms with Crippen molar-refractivity contribution in [2.24, 2.45) is 5.41 Å². The van der Waals surface area contributed by atoms with Crippen LogP contribution in [0.15, 0.2) is 29.8 Å². The van der Waals surface area contributed by atoms with Gasteiger partial charge >= 0.3 is 0 Å². The van der Waals surface area contributed by atoms with Crippen molar-refractivity contribution in [3.8, 4) is 24.2 Å². The molecular formula is C16H15NO2. The molecule has 96 valence electrons. The zero-order valence-corrected chi connectivity index (χ0v) is 11.2. The lowest BCUT2D eigenvalue weighted by Crippen LogP contribution is -2.23. The molecule has 0 aliphatic carbocycles. The number of carbonyl (C=O) groups excluding carboxylic acids is 1. The average Bonchev–Trinajstić information content (AvgIpc) is 2.44. The molecule has 19 heavy (non-hydrogen) atoms. The number of hydrogen-bond donors (Lipinski definition) is 0. The van der Waals surface area contributed by atoms with Gasteiger partial charge in [-0.3, -0.25) is 4.79 Å². The Kier molecular flexibility index (Phi) is 4.51. The van der Waals surface area contributed by atoms with Crippen molar-refractivity contribution in [3.63, 3.8) is 0 Å². The van der Waals surface area contributed by atoms with Gasteiger partial charge in [-0.2, -0.15) is 5.26 Å². The maximum Gasteiger partial charge on any atom is 0.190 e. The van der Waals surface area contributed by atoms with E-state index in [1.165, 1.54) is 6.08 Å². The second kappa shape index (κ2) is 5.89. The van der Waals surface area contributed by atoms with Crippen molar-refractivity contribution in [1.29, 1.82) is 5.26 Å². The SMILES string of the molecule is C#CC(C)(C)C(=O)C(C#N)=Cc1ccc(OC)cc1. The van der Waals surface area contributed by atoms with Crippen LogP contribution in [-0.2, 0) is 4.79 Å². The molecule has 0 radical (unpaired) electrons. The number of carbonyl (C=O) groups is 1. The Morgan fingerprint density at radius 1 is 1.37 bits per heavy atom. The lowest BCUT2D eigenvalue weighted by atomic mass is 9.85. The van der Waals surface area contributed by atoms with Crippen molar-refractivity contribution in [2.45, 2.75) is 13.8 Å². The first-order valence-electron chi connectivity index (χ1n) is 5.73. The van der Waals surface area contributed by atoms with E-state index in [0.717, 1.165) is 5.56 Å². The van der Waals surface area contributed by atoms with Gasteiger partial charge in [-0.25, -0.2) is 0 Å². The van der Waals surface area contributed by atoms with Gasteiger partial charge in [0.2, 0.25) is 0 Å². The van der Waals surface area contributed by atoms with E-state index in [1.54, 1.807) is 45.2 Å². The highest BCUT2D eigenvalue weighted by Gasteiger charge is 2.27. The Hall–Kier alpha value is -2.52. The van der Waals surface area contributed by atoms with Gasteiger partial charge in [0.15, 0.2) is 5.78 Å². The summed E-state index contributed by atoms with van der Waals surface area (Å²) in [5, 5.41) is 9.08. The van der Waals surface area contributed by atoms with Gasteiger partial charge in [0.25, 0.3) is 0 Å². The lowest BCUT2D eigenvalue weighted by molar-refractivity contribution is -0.120. The lowest BCUT2D eigenvalue weighted by Gasteiger charge is -2.14. The van der Waals surface area contributed by atoms with E-state index in [2.05, 4.69) is 5.92 Å². The highest BCUT2D eigenvalue weighted by Crippen LogP contribution is 2.22. The number of benzene rings is 1. The van der Waals surface area contributed by atoms with E-state index < -0.39 is 5.41 Å². The second-order valence-electron chi connectivity index (χ2n) is 4.54. The van der Waals surface area contributed by atoms with Gasteiger partial charge in [-0.05, 0) is 37.6 Å². The molecule has 0 N–H and O–H groups in total. The molecule has 0 atom stereocenters. The molecule has 0 aliphatic heterocycles. The van der Waals surface area contributed by atoms with Gasteiger partial charge in [0, 0.05) is 0 Å². The minimum Gasteiger partial charge on any atom is -0.497 e. The molecule has 1 aromatic rings. The van der Waals surface area contributed by atoms with Crippen molar-refractivity contribution in [2.75, 3.05) is 7.11 Å². The number of nitrogens with zero attached hydrogens (tertiary/aromatic N) is 1. The molecule has 3 heteroatoms. The van der Waals surface area contributed by atoms with Crippen LogP contribution in [0.25, 0.3) is 6.08 Å². The number of methoxy groups -OCH3 is 1. The number of ether oxygens (including phenoxy) is 1. The van der Waals surface area contributed by atoms with Crippen LogP contribution in [-0.4, -0.2) is 12.9 Å². The van der Waals surface area contributed by atoms with Gasteiger partial charge in [-0.1, -0.05) is 18.1 Å². The molecule has 0 spiro atoms. The van der Waals surface area contributed by atoms with E-state index in [-0.39, 0.29) is 11.4 Å². The third-order valence-corrected chi connectivity index (χ3v) is 2.72. The molecule has 1 rings (SSSR count). The smallest absolute Gasteiger partial charge is 0.190 e.